The first-order valence-electron chi connectivity index (χ1n) is 6.37. The van der Waals surface area contributed by atoms with Crippen LogP contribution in [0.15, 0.2) is 0 Å². The van der Waals surface area contributed by atoms with Gasteiger partial charge in [0.15, 0.2) is 11.6 Å². The van der Waals surface area contributed by atoms with Gasteiger partial charge in [-0.1, -0.05) is 0 Å². The second-order valence-electron chi connectivity index (χ2n) is 4.22. The number of rotatable bonds is 3. The van der Waals surface area contributed by atoms with Crippen LogP contribution in [0, 0.1) is 11.3 Å². The van der Waals surface area contributed by atoms with Crippen LogP contribution in [0.3, 0.4) is 0 Å². The average Bonchev–Trinajstić information content (AvgIpc) is 2.85. The van der Waals surface area contributed by atoms with Crippen LogP contribution in [-0.2, 0) is 4.74 Å². The monoisotopic (exact) mass is 291 g/mol. The van der Waals surface area contributed by atoms with Crippen LogP contribution in [0.5, 0.6) is 5.88 Å². The van der Waals surface area contributed by atoms with Crippen molar-refractivity contribution in [1.29, 1.82) is 5.26 Å². The Hall–Kier alpha value is -1.98. The molecule has 3 aliphatic rings. The van der Waals surface area contributed by atoms with Gasteiger partial charge in [0.2, 0.25) is 5.88 Å². The van der Waals surface area contributed by atoms with E-state index < -0.39 is 0 Å². The third kappa shape index (κ3) is 2.15. The van der Waals surface area contributed by atoms with Gasteiger partial charge in [-0.05, 0) is 6.92 Å². The molecule has 3 heterocycles. The van der Waals surface area contributed by atoms with Crippen molar-refractivity contribution in [1.82, 2.24) is 13.7 Å². The first kappa shape index (κ1) is 13.0. The third-order valence-corrected chi connectivity index (χ3v) is 3.59. The summed E-state index contributed by atoms with van der Waals surface area (Å²) < 4.78 is 19.3. The molecule has 0 N–H and O–H groups in total. The molecule has 0 atom stereocenters. The number of hydrogen-bond donors (Lipinski definition) is 0. The van der Waals surface area contributed by atoms with E-state index in [0.29, 0.717) is 42.7 Å². The van der Waals surface area contributed by atoms with Crippen molar-refractivity contribution in [3.05, 3.63) is 5.56 Å². The fraction of sp³-hybridized carbons (Fsp3) is 0.500. The molecule has 104 valence electrons. The number of fused-ring (bicyclic) bond motifs is 1. The Morgan fingerprint density at radius 1 is 1.40 bits per heavy atom. The number of nitrogens with zero attached hydrogens (tertiary/aromatic N) is 5. The molecule has 0 saturated carbocycles. The fourth-order valence-electron chi connectivity index (χ4n) is 2.18. The third-order valence-electron chi connectivity index (χ3n) is 3.08. The van der Waals surface area contributed by atoms with Crippen LogP contribution in [0.25, 0.3) is 11.4 Å². The van der Waals surface area contributed by atoms with Crippen LogP contribution in [0.2, 0.25) is 0 Å². The van der Waals surface area contributed by atoms with Gasteiger partial charge in [0, 0.05) is 13.1 Å². The maximum atomic E-state index is 9.39. The van der Waals surface area contributed by atoms with E-state index in [1.54, 1.807) is 0 Å². The van der Waals surface area contributed by atoms with Crippen LogP contribution in [0.4, 0.5) is 5.82 Å². The highest BCUT2D eigenvalue weighted by Gasteiger charge is 2.28. The Morgan fingerprint density at radius 2 is 2.20 bits per heavy atom. The van der Waals surface area contributed by atoms with E-state index in [0.717, 1.165) is 30.6 Å². The highest BCUT2D eigenvalue weighted by atomic mass is 32.1. The van der Waals surface area contributed by atoms with Crippen molar-refractivity contribution in [2.75, 3.05) is 37.8 Å². The molecule has 0 aliphatic carbocycles. The topological polar surface area (TPSA) is 84.2 Å². The van der Waals surface area contributed by atoms with E-state index in [9.17, 15) is 5.26 Å². The van der Waals surface area contributed by atoms with Crippen molar-refractivity contribution >= 4 is 17.5 Å². The van der Waals surface area contributed by atoms with Gasteiger partial charge >= 0.3 is 0 Å². The molecular weight excluding hydrogens is 278 g/mol. The number of aromatic nitrogens is 3. The first-order valence-corrected chi connectivity index (χ1v) is 7.10. The molecular formula is C12H13N5O2S. The molecule has 0 radical (unpaired) electrons. The SMILES string of the molecule is CCOc1nc2nsnc(N3CCOCC3)c-2c1C#N. The molecule has 3 aliphatic heterocycles. The Balaban J connectivity index is 2.11. The van der Waals surface area contributed by atoms with Crippen molar-refractivity contribution in [2.45, 2.75) is 6.92 Å². The number of morpholine rings is 1. The zero-order valence-electron chi connectivity index (χ0n) is 11.0. The summed E-state index contributed by atoms with van der Waals surface area (Å²) >= 11 is 1.09. The fourth-order valence-corrected chi connectivity index (χ4v) is 2.72. The highest BCUT2D eigenvalue weighted by Crippen LogP contribution is 2.38. The molecule has 0 spiro atoms. The number of hydrogen-bond acceptors (Lipinski definition) is 8. The molecule has 0 aromatic rings. The second kappa shape index (κ2) is 5.56. The summed E-state index contributed by atoms with van der Waals surface area (Å²) in [5, 5.41) is 9.39. The summed E-state index contributed by atoms with van der Waals surface area (Å²) in [6.45, 7) is 5.13. The lowest BCUT2D eigenvalue weighted by Crippen LogP contribution is -2.37. The molecule has 3 rings (SSSR count). The van der Waals surface area contributed by atoms with Crippen LogP contribution >= 0.6 is 11.7 Å². The lowest BCUT2D eigenvalue weighted by Gasteiger charge is -2.28. The minimum atomic E-state index is 0.340. The van der Waals surface area contributed by atoms with E-state index in [-0.39, 0.29) is 0 Å². The molecule has 20 heavy (non-hydrogen) atoms. The maximum Gasteiger partial charge on any atom is 0.234 e. The molecule has 0 aromatic heterocycles. The van der Waals surface area contributed by atoms with E-state index in [4.69, 9.17) is 9.47 Å². The van der Waals surface area contributed by atoms with Gasteiger partial charge in [0.05, 0.1) is 37.1 Å². The summed E-state index contributed by atoms with van der Waals surface area (Å²) in [4.78, 5) is 6.38. The minimum absolute atomic E-state index is 0.340. The molecule has 7 nitrogen and oxygen atoms in total. The molecule has 1 fully saturated rings. The summed E-state index contributed by atoms with van der Waals surface area (Å²) in [6, 6.07) is 2.16. The summed E-state index contributed by atoms with van der Waals surface area (Å²) in [7, 11) is 0. The van der Waals surface area contributed by atoms with E-state index in [1.165, 1.54) is 0 Å². The standard InChI is InChI=1S/C12H13N5O2S/c1-2-19-12-8(7-13)9-10(14-12)15-20-16-11(9)17-3-5-18-6-4-17/h2-6H2,1H3. The predicted octanol–water partition coefficient (Wildman–Crippen LogP) is 1.14. The van der Waals surface area contributed by atoms with Crippen LogP contribution in [-0.4, -0.2) is 46.6 Å². The lowest BCUT2D eigenvalue weighted by molar-refractivity contribution is 0.122. The van der Waals surface area contributed by atoms with Crippen molar-refractivity contribution < 1.29 is 9.47 Å². The Morgan fingerprint density at radius 3 is 2.90 bits per heavy atom. The van der Waals surface area contributed by atoms with Crippen molar-refractivity contribution in [3.8, 4) is 23.3 Å². The lowest BCUT2D eigenvalue weighted by atomic mass is 10.1. The predicted molar refractivity (Wildman–Crippen MR) is 73.2 cm³/mol. The molecule has 8 heteroatoms. The molecule has 0 amide bonds. The highest BCUT2D eigenvalue weighted by molar-refractivity contribution is 6.99. The minimum Gasteiger partial charge on any atom is -0.477 e. The van der Waals surface area contributed by atoms with Gasteiger partial charge in [-0.25, -0.2) is 0 Å². The van der Waals surface area contributed by atoms with Gasteiger partial charge in [-0.3, -0.25) is 0 Å². The molecule has 0 unspecified atom stereocenters. The second-order valence-corrected chi connectivity index (χ2v) is 4.75. The summed E-state index contributed by atoms with van der Waals surface area (Å²) in [6.07, 6.45) is 0. The number of anilines is 1. The molecule has 0 bridgehead atoms. The zero-order chi connectivity index (χ0) is 13.9. The maximum absolute atomic E-state index is 9.39. The first-order chi connectivity index (χ1) is 9.85. The van der Waals surface area contributed by atoms with E-state index in [2.05, 4.69) is 24.7 Å². The number of nitriles is 1. The van der Waals surface area contributed by atoms with Crippen molar-refractivity contribution in [3.63, 3.8) is 0 Å². The van der Waals surface area contributed by atoms with Gasteiger partial charge in [-0.15, -0.1) is 0 Å². The van der Waals surface area contributed by atoms with Gasteiger partial charge in [-0.2, -0.15) is 19.0 Å². The van der Waals surface area contributed by atoms with Gasteiger partial charge < -0.3 is 14.4 Å². The largest absolute Gasteiger partial charge is 0.477 e. The Kier molecular flexibility index (Phi) is 3.62. The van der Waals surface area contributed by atoms with Gasteiger partial charge in [0.1, 0.15) is 11.6 Å². The van der Waals surface area contributed by atoms with Crippen LogP contribution < -0.4 is 9.64 Å². The van der Waals surface area contributed by atoms with Crippen LogP contribution in [0.1, 0.15) is 12.5 Å². The molecule has 0 aromatic carbocycles. The number of ether oxygens (including phenoxy) is 2. The van der Waals surface area contributed by atoms with E-state index in [1.807, 2.05) is 6.92 Å². The van der Waals surface area contributed by atoms with Gasteiger partial charge in [0.25, 0.3) is 0 Å². The smallest absolute Gasteiger partial charge is 0.234 e. The Bertz CT molecular complexity index is 617. The summed E-state index contributed by atoms with van der Waals surface area (Å²) in [5.41, 5.74) is 1.09. The quantitative estimate of drug-likeness (QED) is 0.838. The van der Waals surface area contributed by atoms with Crippen molar-refractivity contribution in [2.24, 2.45) is 0 Å². The van der Waals surface area contributed by atoms with E-state index >= 15 is 0 Å². The zero-order valence-corrected chi connectivity index (χ0v) is 11.8. The Labute approximate surface area is 120 Å². The average molecular weight is 291 g/mol. The molecule has 1 saturated heterocycles. The normalized spacial score (nSPS) is 15.3. The summed E-state index contributed by atoms with van der Waals surface area (Å²) in [5.74, 6) is 1.61.